The van der Waals surface area contributed by atoms with Gasteiger partial charge in [-0.1, -0.05) is 6.07 Å². The number of nitrogens with two attached hydrogens (primary N) is 1. The number of amidine groups is 1. The van der Waals surface area contributed by atoms with Crippen LogP contribution in [0.15, 0.2) is 24.3 Å². The van der Waals surface area contributed by atoms with Crippen molar-refractivity contribution in [3.05, 3.63) is 24.3 Å². The van der Waals surface area contributed by atoms with Gasteiger partial charge in [-0.05, 0) is 30.9 Å². The molecular formula is C12H17N3O3S. The van der Waals surface area contributed by atoms with E-state index >= 15 is 0 Å². The first-order valence-electron chi connectivity index (χ1n) is 6.01. The molecule has 4 N–H and O–H groups in total. The molecule has 1 fully saturated rings. The summed E-state index contributed by atoms with van der Waals surface area (Å²) >= 11 is 0. The fourth-order valence-electron chi connectivity index (χ4n) is 1.63. The van der Waals surface area contributed by atoms with Crippen LogP contribution in [0.4, 0.5) is 5.69 Å². The molecule has 0 spiro atoms. The highest BCUT2D eigenvalue weighted by Gasteiger charge is 2.27. The highest BCUT2D eigenvalue weighted by atomic mass is 32.2. The Morgan fingerprint density at radius 3 is 2.84 bits per heavy atom. The molecule has 0 aliphatic heterocycles. The SMILES string of the molecule is N=C(N)COc1cccc(NS(=O)(=O)CC2CC2)c1. The van der Waals surface area contributed by atoms with Gasteiger partial charge in [0.15, 0.2) is 0 Å². The summed E-state index contributed by atoms with van der Waals surface area (Å²) in [6.07, 6.45) is 1.98. The fourth-order valence-corrected chi connectivity index (χ4v) is 3.15. The first kappa shape index (κ1) is 13.7. The number of sulfonamides is 1. The Hall–Kier alpha value is -1.76. The third kappa shape index (κ3) is 4.78. The third-order valence-electron chi connectivity index (χ3n) is 2.65. The van der Waals surface area contributed by atoms with Crippen LogP contribution in [0.5, 0.6) is 5.75 Å². The van der Waals surface area contributed by atoms with Crippen LogP contribution in [0.1, 0.15) is 12.8 Å². The number of hydrogen-bond acceptors (Lipinski definition) is 4. The molecule has 6 nitrogen and oxygen atoms in total. The molecular weight excluding hydrogens is 266 g/mol. The molecule has 1 saturated carbocycles. The molecule has 0 amide bonds. The average molecular weight is 283 g/mol. The number of anilines is 1. The molecule has 19 heavy (non-hydrogen) atoms. The van der Waals surface area contributed by atoms with Crippen LogP contribution in [-0.4, -0.2) is 26.6 Å². The summed E-state index contributed by atoms with van der Waals surface area (Å²) in [7, 11) is -3.29. The quantitative estimate of drug-likeness (QED) is 0.515. The molecule has 1 aromatic rings. The zero-order chi connectivity index (χ0) is 13.9. The van der Waals surface area contributed by atoms with E-state index in [-0.39, 0.29) is 18.2 Å². The summed E-state index contributed by atoms with van der Waals surface area (Å²) in [5, 5.41) is 7.07. The van der Waals surface area contributed by atoms with Gasteiger partial charge in [0.05, 0.1) is 11.4 Å². The minimum Gasteiger partial charge on any atom is -0.486 e. The lowest BCUT2D eigenvalue weighted by molar-refractivity contribution is 0.374. The van der Waals surface area contributed by atoms with Gasteiger partial charge in [-0.25, -0.2) is 8.42 Å². The van der Waals surface area contributed by atoms with Crippen molar-refractivity contribution in [2.75, 3.05) is 17.1 Å². The lowest BCUT2D eigenvalue weighted by atomic mass is 10.3. The molecule has 1 aromatic carbocycles. The minimum absolute atomic E-state index is 0.0156. The Labute approximate surface area is 112 Å². The van der Waals surface area contributed by atoms with Gasteiger partial charge >= 0.3 is 0 Å². The van der Waals surface area contributed by atoms with Crippen molar-refractivity contribution in [3.8, 4) is 5.75 Å². The maximum absolute atomic E-state index is 11.8. The second kappa shape index (κ2) is 5.48. The molecule has 0 bridgehead atoms. The van der Waals surface area contributed by atoms with E-state index in [0.717, 1.165) is 12.8 Å². The van der Waals surface area contributed by atoms with Gasteiger partial charge in [-0.15, -0.1) is 0 Å². The molecule has 0 aromatic heterocycles. The summed E-state index contributed by atoms with van der Waals surface area (Å²) < 4.78 is 31.4. The average Bonchev–Trinajstić information content (AvgIpc) is 3.09. The van der Waals surface area contributed by atoms with Crippen molar-refractivity contribution < 1.29 is 13.2 Å². The highest BCUT2D eigenvalue weighted by molar-refractivity contribution is 7.92. The maximum atomic E-state index is 11.8. The van der Waals surface area contributed by atoms with Crippen LogP contribution in [-0.2, 0) is 10.0 Å². The summed E-state index contributed by atoms with van der Waals surface area (Å²) in [6.45, 7) is -0.0156. The summed E-state index contributed by atoms with van der Waals surface area (Å²) in [5.74, 6) is 0.863. The fraction of sp³-hybridized carbons (Fsp3) is 0.417. The second-order valence-corrected chi connectivity index (χ2v) is 6.44. The van der Waals surface area contributed by atoms with Crippen LogP contribution < -0.4 is 15.2 Å². The van der Waals surface area contributed by atoms with Gasteiger partial charge < -0.3 is 10.5 Å². The zero-order valence-electron chi connectivity index (χ0n) is 10.4. The largest absolute Gasteiger partial charge is 0.486 e. The number of benzene rings is 1. The van der Waals surface area contributed by atoms with E-state index in [1.807, 2.05) is 0 Å². The first-order chi connectivity index (χ1) is 8.94. The molecule has 2 rings (SSSR count). The summed E-state index contributed by atoms with van der Waals surface area (Å²) in [5.41, 5.74) is 5.65. The van der Waals surface area contributed by atoms with Crippen molar-refractivity contribution >= 4 is 21.5 Å². The van der Waals surface area contributed by atoms with Gasteiger partial charge in [0.1, 0.15) is 18.2 Å². The smallest absolute Gasteiger partial charge is 0.232 e. The maximum Gasteiger partial charge on any atom is 0.232 e. The lowest BCUT2D eigenvalue weighted by Gasteiger charge is -2.09. The third-order valence-corrected chi connectivity index (χ3v) is 4.11. The standard InChI is InChI=1S/C12H17N3O3S/c13-12(14)7-18-11-3-1-2-10(6-11)15-19(16,17)8-9-4-5-9/h1-3,6,9,15H,4-5,7-8H2,(H3,13,14). The predicted molar refractivity (Wildman–Crippen MR) is 74.0 cm³/mol. The van der Waals surface area contributed by atoms with E-state index in [0.29, 0.717) is 17.4 Å². The Bertz CT molecular complexity index is 567. The van der Waals surface area contributed by atoms with E-state index in [9.17, 15) is 8.42 Å². The number of rotatable bonds is 7. The Kier molecular flexibility index (Phi) is 3.94. The topological polar surface area (TPSA) is 105 Å². The number of ether oxygens (including phenoxy) is 1. The van der Waals surface area contributed by atoms with E-state index in [2.05, 4.69) is 4.72 Å². The number of hydrogen-bond donors (Lipinski definition) is 3. The molecule has 0 radical (unpaired) electrons. The molecule has 104 valence electrons. The van der Waals surface area contributed by atoms with Gasteiger partial charge in [0.2, 0.25) is 10.0 Å². The van der Waals surface area contributed by atoms with Gasteiger partial charge in [0.25, 0.3) is 0 Å². The molecule has 0 unspecified atom stereocenters. The Balaban J connectivity index is 1.99. The minimum atomic E-state index is -3.29. The van der Waals surface area contributed by atoms with Crippen LogP contribution in [0.25, 0.3) is 0 Å². The summed E-state index contributed by atoms with van der Waals surface area (Å²) in [4.78, 5) is 0. The molecule has 0 atom stereocenters. The second-order valence-electron chi connectivity index (χ2n) is 4.67. The van der Waals surface area contributed by atoms with E-state index in [1.54, 1.807) is 24.3 Å². The van der Waals surface area contributed by atoms with Crippen LogP contribution in [0.2, 0.25) is 0 Å². The number of nitrogens with one attached hydrogen (secondary N) is 2. The van der Waals surface area contributed by atoms with Crippen LogP contribution >= 0.6 is 0 Å². The Morgan fingerprint density at radius 2 is 2.21 bits per heavy atom. The normalized spacial score (nSPS) is 14.9. The monoisotopic (exact) mass is 283 g/mol. The molecule has 7 heteroatoms. The van der Waals surface area contributed by atoms with Crippen molar-refractivity contribution in [3.63, 3.8) is 0 Å². The van der Waals surface area contributed by atoms with Crippen molar-refractivity contribution in [1.29, 1.82) is 5.41 Å². The zero-order valence-corrected chi connectivity index (χ0v) is 11.2. The molecule has 0 heterocycles. The van der Waals surface area contributed by atoms with Crippen molar-refractivity contribution in [1.82, 2.24) is 0 Å². The van der Waals surface area contributed by atoms with E-state index in [1.165, 1.54) is 0 Å². The van der Waals surface area contributed by atoms with Crippen LogP contribution in [0, 0.1) is 11.3 Å². The first-order valence-corrected chi connectivity index (χ1v) is 7.66. The highest BCUT2D eigenvalue weighted by Crippen LogP contribution is 2.30. The van der Waals surface area contributed by atoms with Crippen molar-refractivity contribution in [2.24, 2.45) is 11.7 Å². The van der Waals surface area contributed by atoms with Gasteiger partial charge in [0, 0.05) is 6.07 Å². The predicted octanol–water partition coefficient (Wildman–Crippen LogP) is 1.15. The van der Waals surface area contributed by atoms with Crippen LogP contribution in [0.3, 0.4) is 0 Å². The van der Waals surface area contributed by atoms with E-state index in [4.69, 9.17) is 15.9 Å². The van der Waals surface area contributed by atoms with Crippen molar-refractivity contribution in [2.45, 2.75) is 12.8 Å². The Morgan fingerprint density at radius 1 is 1.47 bits per heavy atom. The van der Waals surface area contributed by atoms with Gasteiger partial charge in [-0.3, -0.25) is 10.1 Å². The van der Waals surface area contributed by atoms with E-state index < -0.39 is 10.0 Å². The molecule has 0 saturated heterocycles. The lowest BCUT2D eigenvalue weighted by Crippen LogP contribution is -2.19. The van der Waals surface area contributed by atoms with Gasteiger partial charge in [-0.2, -0.15) is 0 Å². The molecule has 1 aliphatic rings. The molecule has 1 aliphatic carbocycles. The summed E-state index contributed by atoms with van der Waals surface area (Å²) in [6, 6.07) is 6.60.